The Bertz CT molecular complexity index is 1140. The van der Waals surface area contributed by atoms with Crippen LogP contribution >= 0.6 is 0 Å². The molecule has 1 atom stereocenters. The van der Waals surface area contributed by atoms with Crippen molar-refractivity contribution in [2.45, 2.75) is 77.2 Å². The molecule has 0 N–H and O–H groups in total. The van der Waals surface area contributed by atoms with Gasteiger partial charge in [0.05, 0.1) is 23.7 Å². The van der Waals surface area contributed by atoms with Crippen molar-refractivity contribution in [3.8, 4) is 16.9 Å². The van der Waals surface area contributed by atoms with E-state index in [1.54, 1.807) is 32.9 Å². The maximum Gasteiger partial charge on any atom is 0.416 e. The first-order valence-corrected chi connectivity index (χ1v) is 12.0. The minimum Gasteiger partial charge on any atom is -0.547 e. The van der Waals surface area contributed by atoms with Gasteiger partial charge in [-0.15, -0.1) is 0 Å². The highest BCUT2D eigenvalue weighted by molar-refractivity contribution is 5.88. The Morgan fingerprint density at radius 1 is 1.06 bits per heavy atom. The highest BCUT2D eigenvalue weighted by Crippen LogP contribution is 2.47. The highest BCUT2D eigenvalue weighted by Gasteiger charge is 2.40. The summed E-state index contributed by atoms with van der Waals surface area (Å²) < 4.78 is 54.5. The molecule has 4 rings (SSSR count). The largest absolute Gasteiger partial charge is 0.547 e. The van der Waals surface area contributed by atoms with Gasteiger partial charge in [-0.1, -0.05) is 18.2 Å². The fraction of sp³-hybridized carbons (Fsp3) is 0.464. The van der Waals surface area contributed by atoms with Gasteiger partial charge < -0.3 is 19.4 Å². The second kappa shape index (κ2) is 9.69. The third-order valence-corrected chi connectivity index (χ3v) is 6.33. The van der Waals surface area contributed by atoms with E-state index in [9.17, 15) is 23.1 Å². The molecule has 0 aromatic heterocycles. The predicted molar refractivity (Wildman–Crippen MR) is 126 cm³/mol. The van der Waals surface area contributed by atoms with E-state index in [4.69, 9.17) is 9.47 Å². The van der Waals surface area contributed by atoms with Crippen LogP contribution in [0.3, 0.4) is 0 Å². The molecular formula is C28H30F3O4-. The quantitative estimate of drug-likeness (QED) is 0.499. The number of carbonyl (C=O) groups is 1. The molecule has 0 saturated heterocycles. The van der Waals surface area contributed by atoms with E-state index in [0.29, 0.717) is 29.9 Å². The molecule has 0 bridgehead atoms. The molecule has 0 saturated carbocycles. The Kier molecular flexibility index (Phi) is 7.00. The highest BCUT2D eigenvalue weighted by atomic mass is 19.4. The summed E-state index contributed by atoms with van der Waals surface area (Å²) >= 11 is 0. The zero-order valence-electron chi connectivity index (χ0n) is 20.3. The number of hydrogen-bond acceptors (Lipinski definition) is 4. The van der Waals surface area contributed by atoms with Crippen molar-refractivity contribution in [1.82, 2.24) is 0 Å². The molecule has 1 aliphatic heterocycles. The lowest BCUT2D eigenvalue weighted by molar-refractivity contribution is -0.321. The summed E-state index contributed by atoms with van der Waals surface area (Å²) in [6.45, 7) is 5.42. The van der Waals surface area contributed by atoms with Crippen LogP contribution in [-0.4, -0.2) is 18.2 Å². The molecule has 4 nitrogen and oxygen atoms in total. The third kappa shape index (κ3) is 5.56. The standard InChI is InChI=1S/C28H31F3O4/c1-27(2,3)35-25(26(32)33)24-21(28(29,30)31)13-12-20(17-8-5-4-6-9-17)23(24)19-11-14-22-18(16-19)10-7-15-34-22/h8,11-14,16,25H,4-7,9-10,15H2,1-3H3,(H,32,33)/p-1. The van der Waals surface area contributed by atoms with Crippen LogP contribution in [0.5, 0.6) is 5.75 Å². The average Bonchev–Trinajstić information content (AvgIpc) is 2.80. The van der Waals surface area contributed by atoms with Gasteiger partial charge in [0, 0.05) is 5.56 Å². The zero-order valence-corrected chi connectivity index (χ0v) is 20.3. The lowest BCUT2D eigenvalue weighted by Gasteiger charge is -2.33. The molecule has 0 spiro atoms. The summed E-state index contributed by atoms with van der Waals surface area (Å²) in [6, 6.07) is 7.74. The van der Waals surface area contributed by atoms with Crippen molar-refractivity contribution in [3.05, 3.63) is 58.7 Å². The van der Waals surface area contributed by atoms with Crippen LogP contribution in [0.1, 0.15) is 81.2 Å². The van der Waals surface area contributed by atoms with Gasteiger partial charge in [0.15, 0.2) is 0 Å². The zero-order chi connectivity index (χ0) is 25.4. The molecular weight excluding hydrogens is 457 g/mol. The first-order valence-electron chi connectivity index (χ1n) is 12.0. The number of halogens is 3. The van der Waals surface area contributed by atoms with Crippen molar-refractivity contribution in [2.24, 2.45) is 0 Å². The monoisotopic (exact) mass is 487 g/mol. The summed E-state index contributed by atoms with van der Waals surface area (Å²) in [7, 11) is 0. The fourth-order valence-corrected chi connectivity index (χ4v) is 4.89. The number of fused-ring (bicyclic) bond motifs is 1. The van der Waals surface area contributed by atoms with Gasteiger partial charge in [-0.25, -0.2) is 0 Å². The van der Waals surface area contributed by atoms with Crippen LogP contribution in [0, 0.1) is 0 Å². The van der Waals surface area contributed by atoms with E-state index in [-0.39, 0.29) is 5.56 Å². The SMILES string of the molecule is CC(C)(C)OC(C(=O)[O-])c1c(C(F)(F)F)ccc(C2=CCCCC2)c1-c1ccc2c(c1)CCCO2. The minimum atomic E-state index is -4.78. The number of allylic oxidation sites excluding steroid dienone is 2. The second-order valence-corrected chi connectivity index (χ2v) is 10.1. The maximum absolute atomic E-state index is 14.3. The number of carboxylic acids is 1. The fourth-order valence-electron chi connectivity index (χ4n) is 4.89. The third-order valence-electron chi connectivity index (χ3n) is 6.33. The first kappa shape index (κ1) is 25.3. The number of rotatable bonds is 5. The topological polar surface area (TPSA) is 58.6 Å². The summed E-state index contributed by atoms with van der Waals surface area (Å²) in [5, 5.41) is 12.3. The number of carboxylic acid groups (broad SMARTS) is 1. The van der Waals surface area contributed by atoms with Gasteiger partial charge in [-0.2, -0.15) is 13.2 Å². The summed E-state index contributed by atoms with van der Waals surface area (Å²) in [6.07, 6.45) is 0.358. The van der Waals surface area contributed by atoms with Crippen LogP contribution in [0.15, 0.2) is 36.4 Å². The Hall–Kier alpha value is -2.80. The molecule has 2 aliphatic rings. The Morgan fingerprint density at radius 2 is 1.83 bits per heavy atom. The number of alkyl halides is 3. The van der Waals surface area contributed by atoms with E-state index >= 15 is 0 Å². The van der Waals surface area contributed by atoms with Gasteiger partial charge in [-0.3, -0.25) is 0 Å². The molecule has 2 aromatic carbocycles. The normalized spacial score (nSPS) is 17.3. The molecule has 0 fully saturated rings. The maximum atomic E-state index is 14.3. The number of aliphatic carboxylic acids is 1. The van der Waals surface area contributed by atoms with E-state index in [1.807, 2.05) is 12.1 Å². The van der Waals surface area contributed by atoms with Crippen LogP contribution in [0.25, 0.3) is 16.7 Å². The summed E-state index contributed by atoms with van der Waals surface area (Å²) in [5.41, 5.74) is 0.710. The van der Waals surface area contributed by atoms with Crippen LogP contribution < -0.4 is 9.84 Å². The molecule has 2 aromatic rings. The lowest BCUT2D eigenvalue weighted by Crippen LogP contribution is -2.37. The lowest BCUT2D eigenvalue weighted by atomic mass is 9.81. The molecule has 0 amide bonds. The summed E-state index contributed by atoms with van der Waals surface area (Å²) in [5.74, 6) is -1.00. The van der Waals surface area contributed by atoms with Crippen LogP contribution in [0.2, 0.25) is 0 Å². The molecule has 1 heterocycles. The van der Waals surface area contributed by atoms with Crippen molar-refractivity contribution < 1.29 is 32.5 Å². The number of hydrogen-bond donors (Lipinski definition) is 0. The van der Waals surface area contributed by atoms with Gasteiger partial charge in [0.1, 0.15) is 11.9 Å². The number of benzene rings is 2. The van der Waals surface area contributed by atoms with Crippen LogP contribution in [-0.2, 0) is 22.1 Å². The molecule has 0 radical (unpaired) electrons. The number of ether oxygens (including phenoxy) is 2. The van der Waals surface area contributed by atoms with Gasteiger partial charge in [0.25, 0.3) is 0 Å². The molecule has 188 valence electrons. The van der Waals surface area contributed by atoms with E-state index in [0.717, 1.165) is 49.3 Å². The first-order chi connectivity index (χ1) is 16.5. The smallest absolute Gasteiger partial charge is 0.416 e. The summed E-state index contributed by atoms with van der Waals surface area (Å²) in [4.78, 5) is 12.3. The van der Waals surface area contributed by atoms with E-state index in [1.165, 1.54) is 6.07 Å². The van der Waals surface area contributed by atoms with E-state index < -0.39 is 35.0 Å². The van der Waals surface area contributed by atoms with E-state index in [2.05, 4.69) is 0 Å². The van der Waals surface area contributed by atoms with Crippen molar-refractivity contribution in [1.29, 1.82) is 0 Å². The Morgan fingerprint density at radius 3 is 2.46 bits per heavy atom. The minimum absolute atomic E-state index is 0.236. The van der Waals surface area contributed by atoms with Crippen molar-refractivity contribution >= 4 is 11.5 Å². The predicted octanol–water partition coefficient (Wildman–Crippen LogP) is 6.26. The Balaban J connectivity index is 2.06. The second-order valence-electron chi connectivity index (χ2n) is 10.1. The van der Waals surface area contributed by atoms with Crippen molar-refractivity contribution in [3.63, 3.8) is 0 Å². The molecule has 35 heavy (non-hydrogen) atoms. The molecule has 7 heteroatoms. The van der Waals surface area contributed by atoms with Crippen LogP contribution in [0.4, 0.5) is 13.2 Å². The van der Waals surface area contributed by atoms with Gasteiger partial charge >= 0.3 is 6.18 Å². The number of carbonyl (C=O) groups excluding carboxylic acids is 1. The number of aryl methyl sites for hydroxylation is 1. The molecule has 1 aliphatic carbocycles. The Labute approximate surface area is 203 Å². The average molecular weight is 488 g/mol. The molecule has 1 unspecified atom stereocenters. The van der Waals surface area contributed by atoms with Gasteiger partial charge in [0.2, 0.25) is 0 Å². The van der Waals surface area contributed by atoms with Crippen molar-refractivity contribution in [2.75, 3.05) is 6.61 Å². The van der Waals surface area contributed by atoms with Gasteiger partial charge in [-0.05, 0) is 105 Å².